The molecule has 0 aromatic heterocycles. The lowest BCUT2D eigenvalue weighted by atomic mass is 10.2. The molecule has 0 unspecified atom stereocenters. The number of hydrogen-bond donors (Lipinski definition) is 0. The Balaban J connectivity index is 1.42. The Morgan fingerprint density at radius 1 is 0.775 bits per heavy atom. The van der Waals surface area contributed by atoms with Crippen molar-refractivity contribution in [1.82, 2.24) is 0 Å². The lowest BCUT2D eigenvalue weighted by molar-refractivity contribution is -0.139. The molecule has 0 radical (unpaired) electrons. The largest absolute Gasteiger partial charge is 0.462 e. The highest BCUT2D eigenvalue weighted by molar-refractivity contribution is 8.05. The number of fused-ring (bicyclic) bond motifs is 2. The van der Waals surface area contributed by atoms with Gasteiger partial charge in [-0.05, 0) is 81.6 Å². The molecule has 0 spiro atoms. The number of halogens is 1. The van der Waals surface area contributed by atoms with Gasteiger partial charge in [-0.2, -0.15) is 0 Å². The highest BCUT2D eigenvalue weighted by atomic mass is 35.5. The van der Waals surface area contributed by atoms with Crippen LogP contribution in [-0.4, -0.2) is 41.9 Å². The normalized spacial score (nSPS) is 12.8. The first-order chi connectivity index (χ1) is 19.1. The van der Waals surface area contributed by atoms with E-state index < -0.39 is 11.2 Å². The molecule has 0 atom stereocenters. The van der Waals surface area contributed by atoms with E-state index in [9.17, 15) is 14.4 Å². The summed E-state index contributed by atoms with van der Waals surface area (Å²) >= 11 is 12.5. The van der Waals surface area contributed by atoms with Crippen LogP contribution in [-0.2, 0) is 23.9 Å². The van der Waals surface area contributed by atoms with Crippen molar-refractivity contribution in [3.05, 3.63) is 71.8 Å². The Morgan fingerprint density at radius 3 is 1.73 bits per heavy atom. The Labute approximate surface area is 257 Å². The topological polar surface area (TPSA) is 69.7 Å². The summed E-state index contributed by atoms with van der Waals surface area (Å²) in [6, 6.07) is 13.1. The molecule has 1 heterocycles. The lowest BCUT2D eigenvalue weighted by Gasteiger charge is -2.19. The molecular formula is C30H31ClO5S4. The van der Waals surface area contributed by atoms with Crippen molar-refractivity contribution >= 4 is 75.8 Å². The van der Waals surface area contributed by atoms with Gasteiger partial charge >= 0.3 is 11.9 Å². The zero-order chi connectivity index (χ0) is 29.1. The van der Waals surface area contributed by atoms with Crippen LogP contribution in [0.1, 0.15) is 33.6 Å². The van der Waals surface area contributed by atoms with Crippen molar-refractivity contribution in [2.24, 2.45) is 0 Å². The molecule has 0 bridgehead atoms. The van der Waals surface area contributed by atoms with E-state index in [0.29, 0.717) is 29.9 Å². The molecule has 5 nitrogen and oxygen atoms in total. The minimum Gasteiger partial charge on any atom is -0.462 e. The molecule has 0 amide bonds. The Hall–Kier alpha value is -2.04. The molecule has 2 aromatic rings. The third-order valence-corrected chi connectivity index (χ3v) is 10.4. The van der Waals surface area contributed by atoms with Crippen LogP contribution >= 0.6 is 58.6 Å². The molecule has 1 aliphatic heterocycles. The van der Waals surface area contributed by atoms with Crippen molar-refractivity contribution in [3.8, 4) is 0 Å². The van der Waals surface area contributed by atoms with Gasteiger partial charge in [0.1, 0.15) is 0 Å². The number of benzene rings is 2. The molecule has 0 fully saturated rings. The van der Waals surface area contributed by atoms with Crippen LogP contribution in [0, 0.1) is 0 Å². The number of thioether (sulfide) groups is 2. The fraction of sp³-hybridized carbons (Fsp3) is 0.300. The molecule has 40 heavy (non-hydrogen) atoms. The van der Waals surface area contributed by atoms with Gasteiger partial charge in [0.2, 0.25) is 5.24 Å². The quantitative estimate of drug-likeness (QED) is 0.0433. The van der Waals surface area contributed by atoms with E-state index in [1.54, 1.807) is 73.9 Å². The molecule has 3 rings (SSSR count). The van der Waals surface area contributed by atoms with Crippen molar-refractivity contribution in [1.29, 1.82) is 0 Å². The Morgan fingerprint density at radius 2 is 1.25 bits per heavy atom. The number of allylic oxidation sites excluding steroid dienone is 3. The number of carbonyl (C=O) groups excluding carboxylic acids is 3. The summed E-state index contributed by atoms with van der Waals surface area (Å²) in [7, 11) is 0. The molecule has 0 saturated carbocycles. The summed E-state index contributed by atoms with van der Waals surface area (Å²) in [6.07, 6.45) is 4.58. The summed E-state index contributed by atoms with van der Waals surface area (Å²) in [5, 5.41) is -0.546. The monoisotopic (exact) mass is 634 g/mol. The SMILES string of the molecule is C=C(C)C(=O)OCCCSc1ccc2c(c1)Sc1ccc(SCCCOC(=O)/C(C)=C/C=C(\C)C(=O)Cl)cc1S2. The van der Waals surface area contributed by atoms with Gasteiger partial charge in [-0.25, -0.2) is 9.59 Å². The fourth-order valence-electron chi connectivity index (χ4n) is 3.17. The molecule has 2 aromatic carbocycles. The van der Waals surface area contributed by atoms with Crippen LogP contribution in [0.5, 0.6) is 0 Å². The lowest BCUT2D eigenvalue weighted by Crippen LogP contribution is -2.07. The Kier molecular flexibility index (Phi) is 13.3. The number of hydrogen-bond acceptors (Lipinski definition) is 9. The molecule has 0 N–H and O–H groups in total. The van der Waals surface area contributed by atoms with Gasteiger partial charge in [0.15, 0.2) is 0 Å². The first-order valence-electron chi connectivity index (χ1n) is 12.6. The van der Waals surface area contributed by atoms with E-state index >= 15 is 0 Å². The van der Waals surface area contributed by atoms with Gasteiger partial charge in [-0.3, -0.25) is 4.79 Å². The highest BCUT2D eigenvalue weighted by Gasteiger charge is 2.18. The number of rotatable bonds is 14. The second kappa shape index (κ2) is 16.4. The third kappa shape index (κ3) is 10.4. The standard InChI is InChI=1S/C30H31ClO5S4/c1-19(2)29(33)35-13-5-15-37-22-9-11-24-26(17-22)39-25-12-10-23(18-27(25)40-24)38-16-6-14-36-30(34)21(4)8-7-20(3)28(31)32/h7-12,17-18H,1,5-6,13-16H2,2-4H3/b20-7+,21-8+. The first kappa shape index (κ1) is 32.5. The maximum absolute atomic E-state index is 12.1. The van der Waals surface area contributed by atoms with Gasteiger partial charge in [0.25, 0.3) is 0 Å². The summed E-state index contributed by atoms with van der Waals surface area (Å²) in [6.45, 7) is 9.21. The smallest absolute Gasteiger partial charge is 0.333 e. The zero-order valence-electron chi connectivity index (χ0n) is 22.6. The van der Waals surface area contributed by atoms with Crippen LogP contribution in [0.4, 0.5) is 0 Å². The first-order valence-corrected chi connectivity index (χ1v) is 16.6. The van der Waals surface area contributed by atoms with Gasteiger partial charge in [0, 0.05) is 57.6 Å². The minimum atomic E-state index is -0.546. The average Bonchev–Trinajstić information content (AvgIpc) is 2.93. The molecule has 0 saturated heterocycles. The maximum atomic E-state index is 12.1. The molecule has 10 heteroatoms. The zero-order valence-corrected chi connectivity index (χ0v) is 26.6. The van der Waals surface area contributed by atoms with Crippen LogP contribution in [0.2, 0.25) is 0 Å². The predicted molar refractivity (Wildman–Crippen MR) is 167 cm³/mol. The number of esters is 2. The van der Waals surface area contributed by atoms with Crippen molar-refractivity contribution in [2.45, 2.75) is 63.0 Å². The number of ether oxygens (including phenoxy) is 2. The van der Waals surface area contributed by atoms with Crippen molar-refractivity contribution in [3.63, 3.8) is 0 Å². The third-order valence-electron chi connectivity index (χ3n) is 5.42. The second-order valence-corrected chi connectivity index (χ2v) is 13.7. The maximum Gasteiger partial charge on any atom is 0.333 e. The highest BCUT2D eigenvalue weighted by Crippen LogP contribution is 2.50. The van der Waals surface area contributed by atoms with Crippen LogP contribution in [0.25, 0.3) is 0 Å². The summed E-state index contributed by atoms with van der Waals surface area (Å²) in [4.78, 5) is 42.0. The van der Waals surface area contributed by atoms with Crippen molar-refractivity contribution < 1.29 is 23.9 Å². The van der Waals surface area contributed by atoms with Crippen molar-refractivity contribution in [2.75, 3.05) is 24.7 Å². The molecule has 0 aliphatic carbocycles. The van der Waals surface area contributed by atoms with Gasteiger partial charge < -0.3 is 9.47 Å². The van der Waals surface area contributed by atoms with Gasteiger partial charge in [-0.1, -0.05) is 42.3 Å². The molecule has 1 aliphatic rings. The number of carbonyl (C=O) groups is 3. The Bertz CT molecular complexity index is 1340. The minimum absolute atomic E-state index is 0.330. The van der Waals surface area contributed by atoms with Gasteiger partial charge in [0.05, 0.1) is 13.2 Å². The summed E-state index contributed by atoms with van der Waals surface area (Å²) in [5.41, 5.74) is 1.21. The van der Waals surface area contributed by atoms with E-state index in [1.165, 1.54) is 35.4 Å². The summed E-state index contributed by atoms with van der Waals surface area (Å²) < 4.78 is 10.5. The van der Waals surface area contributed by atoms with Crippen LogP contribution < -0.4 is 0 Å². The second-order valence-electron chi connectivity index (χ2n) is 8.85. The van der Waals surface area contributed by atoms with E-state index in [4.69, 9.17) is 21.1 Å². The fourth-order valence-corrected chi connectivity index (χ4v) is 7.38. The van der Waals surface area contributed by atoms with E-state index in [-0.39, 0.29) is 5.97 Å². The molecular weight excluding hydrogens is 604 g/mol. The van der Waals surface area contributed by atoms with Crippen LogP contribution in [0.15, 0.2) is 101 Å². The predicted octanol–water partition coefficient (Wildman–Crippen LogP) is 8.59. The summed E-state index contributed by atoms with van der Waals surface area (Å²) in [5.74, 6) is 0.971. The molecule has 212 valence electrons. The van der Waals surface area contributed by atoms with E-state index in [2.05, 4.69) is 43.0 Å². The van der Waals surface area contributed by atoms with Gasteiger partial charge in [-0.15, -0.1) is 23.5 Å². The van der Waals surface area contributed by atoms with E-state index in [1.807, 2.05) is 0 Å². The van der Waals surface area contributed by atoms with E-state index in [0.717, 1.165) is 24.3 Å². The van der Waals surface area contributed by atoms with Crippen LogP contribution in [0.3, 0.4) is 0 Å². The average molecular weight is 635 g/mol.